The Labute approximate surface area is 116 Å². The summed E-state index contributed by atoms with van der Waals surface area (Å²) in [7, 11) is 0. The number of oxime groups is 1. The van der Waals surface area contributed by atoms with Crippen LogP contribution in [-0.4, -0.2) is 35.3 Å². The second-order valence-electron chi connectivity index (χ2n) is 4.59. The number of aryl methyl sites for hydroxylation is 1. The number of carbonyl (C=O) groups is 2. The van der Waals surface area contributed by atoms with E-state index in [1.807, 2.05) is 31.2 Å². The van der Waals surface area contributed by atoms with Gasteiger partial charge in [0.2, 0.25) is 6.10 Å². The van der Waals surface area contributed by atoms with Crippen LogP contribution in [0, 0.1) is 6.92 Å². The Morgan fingerprint density at radius 3 is 2.90 bits per heavy atom. The fourth-order valence-electron chi connectivity index (χ4n) is 1.98. The Hall–Kier alpha value is -2.37. The number of nitrogens with zero attached hydrogens (tertiary/aromatic N) is 1. The van der Waals surface area contributed by atoms with E-state index >= 15 is 0 Å². The van der Waals surface area contributed by atoms with Gasteiger partial charge in [0.15, 0.2) is 0 Å². The zero-order valence-corrected chi connectivity index (χ0v) is 11.1. The van der Waals surface area contributed by atoms with Crippen molar-refractivity contribution in [3.63, 3.8) is 0 Å². The van der Waals surface area contributed by atoms with Gasteiger partial charge in [0.25, 0.3) is 5.91 Å². The average molecular weight is 276 g/mol. The van der Waals surface area contributed by atoms with Crippen LogP contribution in [0.3, 0.4) is 0 Å². The number of amides is 1. The minimum Gasteiger partial charge on any atom is -0.481 e. The van der Waals surface area contributed by atoms with Gasteiger partial charge < -0.3 is 15.3 Å². The van der Waals surface area contributed by atoms with Crippen LogP contribution in [0.1, 0.15) is 24.0 Å². The second kappa shape index (κ2) is 6.18. The average Bonchev–Trinajstić information content (AvgIpc) is 2.88. The van der Waals surface area contributed by atoms with E-state index in [-0.39, 0.29) is 18.9 Å². The molecule has 1 aromatic rings. The number of carbonyl (C=O) groups excluding carboxylic acids is 1. The van der Waals surface area contributed by atoms with Crippen LogP contribution in [0.5, 0.6) is 0 Å². The van der Waals surface area contributed by atoms with Crippen molar-refractivity contribution in [3.05, 3.63) is 35.4 Å². The summed E-state index contributed by atoms with van der Waals surface area (Å²) in [6.45, 7) is 2.06. The molecular weight excluding hydrogens is 260 g/mol. The molecule has 1 aliphatic rings. The largest absolute Gasteiger partial charge is 0.481 e. The predicted octanol–water partition coefficient (Wildman–Crippen LogP) is 1.08. The number of rotatable bonds is 5. The number of aliphatic carboxylic acids is 1. The summed E-state index contributed by atoms with van der Waals surface area (Å²) >= 11 is 0. The van der Waals surface area contributed by atoms with Crippen LogP contribution in [0.25, 0.3) is 0 Å². The fourth-order valence-corrected chi connectivity index (χ4v) is 1.98. The molecule has 0 bridgehead atoms. The second-order valence-corrected chi connectivity index (χ2v) is 4.59. The zero-order valence-electron chi connectivity index (χ0n) is 11.1. The van der Waals surface area contributed by atoms with Crippen molar-refractivity contribution in [2.75, 3.05) is 6.54 Å². The van der Waals surface area contributed by atoms with Crippen molar-refractivity contribution < 1.29 is 19.5 Å². The highest BCUT2D eigenvalue weighted by atomic mass is 16.6. The van der Waals surface area contributed by atoms with Crippen molar-refractivity contribution in [3.8, 4) is 0 Å². The molecule has 0 aromatic heterocycles. The van der Waals surface area contributed by atoms with Gasteiger partial charge in [-0.05, 0) is 12.5 Å². The molecule has 0 unspecified atom stereocenters. The molecule has 6 nitrogen and oxygen atoms in total. The number of hydrogen-bond donors (Lipinski definition) is 2. The summed E-state index contributed by atoms with van der Waals surface area (Å²) in [6, 6.07) is 7.75. The smallest absolute Gasteiger partial charge is 0.305 e. The van der Waals surface area contributed by atoms with E-state index < -0.39 is 12.1 Å². The van der Waals surface area contributed by atoms with E-state index in [9.17, 15) is 9.59 Å². The molecular formula is C14H16N2O4. The first-order chi connectivity index (χ1) is 9.58. The summed E-state index contributed by atoms with van der Waals surface area (Å²) in [5, 5.41) is 15.0. The zero-order chi connectivity index (χ0) is 14.5. The highest BCUT2D eigenvalue weighted by Crippen LogP contribution is 2.19. The molecule has 0 saturated heterocycles. The molecule has 1 aliphatic heterocycles. The summed E-state index contributed by atoms with van der Waals surface area (Å²) in [6.07, 6.45) is -0.397. The van der Waals surface area contributed by atoms with Crippen LogP contribution in [0.4, 0.5) is 0 Å². The van der Waals surface area contributed by atoms with Crippen molar-refractivity contribution in [2.45, 2.75) is 25.9 Å². The highest BCUT2D eigenvalue weighted by molar-refractivity contribution is 6.05. The van der Waals surface area contributed by atoms with Gasteiger partial charge in [-0.1, -0.05) is 29.4 Å². The molecule has 0 radical (unpaired) electrons. The van der Waals surface area contributed by atoms with Crippen LogP contribution in [0.15, 0.2) is 29.4 Å². The Bertz CT molecular complexity index is 554. The SMILES string of the molecule is Cc1ccccc1C1=NO[C@@H](C(=O)NCCC(=O)O)C1. The first kappa shape index (κ1) is 14.0. The number of nitrogens with one attached hydrogen (secondary N) is 1. The van der Waals surface area contributed by atoms with Gasteiger partial charge in [-0.3, -0.25) is 9.59 Å². The molecule has 20 heavy (non-hydrogen) atoms. The van der Waals surface area contributed by atoms with Crippen LogP contribution >= 0.6 is 0 Å². The summed E-state index contributed by atoms with van der Waals surface area (Å²) in [5.41, 5.74) is 2.77. The Morgan fingerprint density at radius 1 is 1.45 bits per heavy atom. The molecule has 1 heterocycles. The molecule has 0 spiro atoms. The first-order valence-electron chi connectivity index (χ1n) is 6.36. The molecule has 1 amide bonds. The lowest BCUT2D eigenvalue weighted by Gasteiger charge is -2.08. The van der Waals surface area contributed by atoms with E-state index in [0.717, 1.165) is 16.8 Å². The van der Waals surface area contributed by atoms with E-state index in [0.29, 0.717) is 6.42 Å². The first-order valence-corrected chi connectivity index (χ1v) is 6.36. The van der Waals surface area contributed by atoms with E-state index in [2.05, 4.69) is 10.5 Å². The van der Waals surface area contributed by atoms with Gasteiger partial charge in [-0.2, -0.15) is 0 Å². The number of carboxylic acids is 1. The maximum Gasteiger partial charge on any atom is 0.305 e. The molecule has 106 valence electrons. The Kier molecular flexibility index (Phi) is 4.34. The molecule has 0 aliphatic carbocycles. The third-order valence-corrected chi connectivity index (χ3v) is 3.06. The molecule has 1 aromatic carbocycles. The lowest BCUT2D eigenvalue weighted by Crippen LogP contribution is -2.36. The van der Waals surface area contributed by atoms with Gasteiger partial charge in [-0.15, -0.1) is 0 Å². The molecule has 2 N–H and O–H groups in total. The lowest BCUT2D eigenvalue weighted by atomic mass is 10.0. The quantitative estimate of drug-likeness (QED) is 0.842. The maximum atomic E-state index is 11.8. The third kappa shape index (κ3) is 3.34. The van der Waals surface area contributed by atoms with Crippen molar-refractivity contribution in [1.29, 1.82) is 0 Å². The van der Waals surface area contributed by atoms with Crippen LogP contribution in [-0.2, 0) is 14.4 Å². The summed E-state index contributed by atoms with van der Waals surface area (Å²) in [5.74, 6) is -1.28. The molecule has 0 saturated carbocycles. The number of carboxylic acid groups (broad SMARTS) is 1. The third-order valence-electron chi connectivity index (χ3n) is 3.06. The summed E-state index contributed by atoms with van der Waals surface area (Å²) in [4.78, 5) is 27.3. The van der Waals surface area contributed by atoms with Crippen molar-refractivity contribution >= 4 is 17.6 Å². The number of benzene rings is 1. The van der Waals surface area contributed by atoms with Gasteiger partial charge in [0.05, 0.1) is 12.1 Å². The topological polar surface area (TPSA) is 88.0 Å². The molecule has 1 atom stereocenters. The minimum atomic E-state index is -0.950. The Morgan fingerprint density at radius 2 is 2.20 bits per heavy atom. The van der Waals surface area contributed by atoms with Crippen molar-refractivity contribution in [1.82, 2.24) is 5.32 Å². The molecule has 6 heteroatoms. The predicted molar refractivity (Wildman–Crippen MR) is 72.5 cm³/mol. The Balaban J connectivity index is 1.90. The number of hydrogen-bond acceptors (Lipinski definition) is 4. The van der Waals surface area contributed by atoms with Gasteiger partial charge in [-0.25, -0.2) is 0 Å². The fraction of sp³-hybridized carbons (Fsp3) is 0.357. The standard InChI is InChI=1S/C14H16N2O4/c1-9-4-2-3-5-10(9)11-8-12(20-16-11)14(19)15-7-6-13(17)18/h2-5,12H,6-8H2,1H3,(H,15,19)(H,17,18)/t12-/m1/s1. The van der Waals surface area contributed by atoms with Gasteiger partial charge in [0.1, 0.15) is 0 Å². The lowest BCUT2D eigenvalue weighted by molar-refractivity contribution is -0.137. The summed E-state index contributed by atoms with van der Waals surface area (Å²) < 4.78 is 0. The van der Waals surface area contributed by atoms with E-state index in [1.165, 1.54) is 0 Å². The van der Waals surface area contributed by atoms with E-state index in [4.69, 9.17) is 9.94 Å². The normalized spacial score (nSPS) is 17.2. The molecule has 2 rings (SSSR count). The van der Waals surface area contributed by atoms with E-state index in [1.54, 1.807) is 0 Å². The van der Waals surface area contributed by atoms with Crippen LogP contribution in [0.2, 0.25) is 0 Å². The maximum absolute atomic E-state index is 11.8. The van der Waals surface area contributed by atoms with Gasteiger partial charge in [0, 0.05) is 18.5 Å². The van der Waals surface area contributed by atoms with Gasteiger partial charge >= 0.3 is 5.97 Å². The molecule has 0 fully saturated rings. The monoisotopic (exact) mass is 276 g/mol. The highest BCUT2D eigenvalue weighted by Gasteiger charge is 2.29. The van der Waals surface area contributed by atoms with Crippen molar-refractivity contribution in [2.24, 2.45) is 5.16 Å². The minimum absolute atomic E-state index is 0.0910. The van der Waals surface area contributed by atoms with Crippen LogP contribution < -0.4 is 5.32 Å².